The van der Waals surface area contributed by atoms with Crippen molar-refractivity contribution >= 4 is 17.5 Å². The summed E-state index contributed by atoms with van der Waals surface area (Å²) in [6.07, 6.45) is -2.39. The van der Waals surface area contributed by atoms with Gasteiger partial charge in [-0.05, 0) is 85.8 Å². The van der Waals surface area contributed by atoms with Gasteiger partial charge in [0.15, 0.2) is 12.1 Å². The number of ketones is 2. The Hall–Kier alpha value is -2.65. The van der Waals surface area contributed by atoms with Gasteiger partial charge in [0.2, 0.25) is 0 Å². The zero-order chi connectivity index (χ0) is 40.3. The number of Topliss-reactive ketones (excluding diaryl/α,β-unsaturated/α-hetero) is 2. The van der Waals surface area contributed by atoms with Crippen molar-refractivity contribution in [3.63, 3.8) is 0 Å². The molecule has 1 aromatic rings. The highest BCUT2D eigenvalue weighted by Crippen LogP contribution is 2.47. The number of esters is 1. The molecule has 13 heteroatoms. The molecule has 1 aromatic heterocycles. The Morgan fingerprint density at radius 2 is 1.76 bits per heavy atom. The van der Waals surface area contributed by atoms with Gasteiger partial charge in [0.05, 0.1) is 36.7 Å². The van der Waals surface area contributed by atoms with Crippen LogP contribution in [-0.4, -0.2) is 132 Å². The lowest BCUT2D eigenvalue weighted by Gasteiger charge is -2.47. The number of nitrogens with zero attached hydrogens (tertiary/aromatic N) is 3. The molecule has 0 bridgehead atoms. The Morgan fingerprint density at radius 1 is 1.07 bits per heavy atom. The second kappa shape index (κ2) is 17.7. The SMILES string of the molecule is C=C1CO[C@]2(C)[C@@H](CC)OC(=O)C(C)(F)C(=O)[C@H](C)[C@@H](O[C@@H]3O[C@H](C)C[C@H](N(C)C)[C@H]3O)[C@](C)(OCCN(C)Cc3ccccn3)CC(C)C(=O)C(C)[C@H]12. The fourth-order valence-electron chi connectivity index (χ4n) is 8.94. The number of hydrogen-bond donors (Lipinski definition) is 1. The van der Waals surface area contributed by atoms with Crippen LogP contribution in [0.25, 0.3) is 0 Å². The van der Waals surface area contributed by atoms with E-state index in [4.69, 9.17) is 23.7 Å². The summed E-state index contributed by atoms with van der Waals surface area (Å²) in [5.41, 5.74) is -4.18. The van der Waals surface area contributed by atoms with E-state index < -0.39 is 76.9 Å². The minimum atomic E-state index is -3.09. The Kier molecular flexibility index (Phi) is 14.4. The van der Waals surface area contributed by atoms with Crippen LogP contribution in [0.2, 0.25) is 0 Å². The molecule has 0 aromatic carbocycles. The van der Waals surface area contributed by atoms with Crippen LogP contribution in [0.1, 0.15) is 80.3 Å². The highest BCUT2D eigenvalue weighted by molar-refractivity contribution is 6.07. The number of aromatic nitrogens is 1. The molecule has 0 radical (unpaired) electrons. The van der Waals surface area contributed by atoms with Crippen molar-refractivity contribution in [3.05, 3.63) is 42.2 Å². The number of ether oxygens (including phenoxy) is 5. The molecular weight excluding hydrogens is 697 g/mol. The minimum absolute atomic E-state index is 0.0688. The number of aliphatic hydroxyl groups excluding tert-OH is 1. The van der Waals surface area contributed by atoms with Crippen molar-refractivity contribution in [1.82, 2.24) is 14.8 Å². The Balaban J connectivity index is 1.80. The highest BCUT2D eigenvalue weighted by Gasteiger charge is 2.58. The van der Waals surface area contributed by atoms with E-state index in [1.165, 1.54) is 6.92 Å². The number of cyclic esters (lactones) is 1. The Morgan fingerprint density at radius 3 is 2.37 bits per heavy atom. The van der Waals surface area contributed by atoms with Crippen molar-refractivity contribution in [1.29, 1.82) is 0 Å². The summed E-state index contributed by atoms with van der Waals surface area (Å²) in [6.45, 7) is 18.6. The molecule has 304 valence electrons. The third-order valence-electron chi connectivity index (χ3n) is 12.0. The number of carbonyl (C=O) groups excluding carboxylic acids is 3. The number of hydrogen-bond acceptors (Lipinski definition) is 12. The number of aliphatic hydroxyl groups is 1. The van der Waals surface area contributed by atoms with Crippen LogP contribution < -0.4 is 0 Å². The molecule has 13 atom stereocenters. The summed E-state index contributed by atoms with van der Waals surface area (Å²) in [6, 6.07) is 5.34. The number of carbonyl (C=O) groups is 3. The predicted octanol–water partition coefficient (Wildman–Crippen LogP) is 4.56. The molecule has 12 nitrogen and oxygen atoms in total. The topological polar surface area (TPSA) is 137 Å². The fourth-order valence-corrected chi connectivity index (χ4v) is 8.94. The maximum Gasteiger partial charge on any atom is 0.351 e. The largest absolute Gasteiger partial charge is 0.457 e. The lowest BCUT2D eigenvalue weighted by atomic mass is 9.69. The van der Waals surface area contributed by atoms with E-state index in [0.29, 0.717) is 25.1 Å². The predicted molar refractivity (Wildman–Crippen MR) is 201 cm³/mol. The molecule has 0 aliphatic carbocycles. The summed E-state index contributed by atoms with van der Waals surface area (Å²) in [7, 11) is 5.62. The van der Waals surface area contributed by atoms with E-state index in [0.717, 1.165) is 12.6 Å². The number of fused-ring (bicyclic) bond motifs is 1. The van der Waals surface area contributed by atoms with Crippen molar-refractivity contribution in [3.8, 4) is 0 Å². The molecule has 1 N–H and O–H groups in total. The van der Waals surface area contributed by atoms with Crippen LogP contribution in [0.15, 0.2) is 36.5 Å². The van der Waals surface area contributed by atoms with E-state index in [-0.39, 0.29) is 44.0 Å². The molecule has 4 rings (SSSR count). The average Bonchev–Trinajstić information content (AvgIpc) is 3.42. The molecule has 0 amide bonds. The van der Waals surface area contributed by atoms with Gasteiger partial charge in [-0.25, -0.2) is 9.18 Å². The number of alkyl halides is 1. The molecule has 0 spiro atoms. The molecule has 3 unspecified atom stereocenters. The Labute approximate surface area is 321 Å². The molecule has 3 aliphatic rings. The highest BCUT2D eigenvalue weighted by atomic mass is 19.1. The van der Waals surface area contributed by atoms with E-state index in [9.17, 15) is 19.5 Å². The van der Waals surface area contributed by atoms with Crippen molar-refractivity contribution in [2.45, 2.75) is 135 Å². The van der Waals surface area contributed by atoms with Crippen molar-refractivity contribution in [2.75, 3.05) is 40.9 Å². The maximum atomic E-state index is 16.9. The van der Waals surface area contributed by atoms with Crippen LogP contribution in [-0.2, 0) is 44.6 Å². The minimum Gasteiger partial charge on any atom is -0.457 e. The summed E-state index contributed by atoms with van der Waals surface area (Å²) < 4.78 is 48.5. The average molecular weight is 762 g/mol. The summed E-state index contributed by atoms with van der Waals surface area (Å²) in [4.78, 5) is 51.0. The number of rotatable bonds is 10. The first-order valence-corrected chi connectivity index (χ1v) is 19.3. The van der Waals surface area contributed by atoms with E-state index in [1.807, 2.05) is 69.9 Å². The van der Waals surface area contributed by atoms with Crippen LogP contribution in [0.4, 0.5) is 4.39 Å². The zero-order valence-corrected chi connectivity index (χ0v) is 34.2. The number of halogens is 1. The second-order valence-corrected chi connectivity index (χ2v) is 16.7. The quantitative estimate of drug-likeness (QED) is 0.203. The third kappa shape index (κ3) is 9.30. The lowest BCUT2D eigenvalue weighted by molar-refractivity contribution is -0.298. The van der Waals surface area contributed by atoms with Gasteiger partial charge in [-0.2, -0.15) is 0 Å². The van der Waals surface area contributed by atoms with Gasteiger partial charge in [0.1, 0.15) is 23.6 Å². The van der Waals surface area contributed by atoms with Crippen LogP contribution in [0.5, 0.6) is 0 Å². The first-order chi connectivity index (χ1) is 25.2. The summed E-state index contributed by atoms with van der Waals surface area (Å²) in [5, 5.41) is 11.5. The van der Waals surface area contributed by atoms with Crippen LogP contribution >= 0.6 is 0 Å². The molecule has 54 heavy (non-hydrogen) atoms. The molecular formula is C41H64FN3O9. The first kappa shape index (κ1) is 44.1. The fraction of sp³-hybridized carbons (Fsp3) is 0.756. The second-order valence-electron chi connectivity index (χ2n) is 16.7. The molecule has 3 saturated heterocycles. The first-order valence-electron chi connectivity index (χ1n) is 19.3. The van der Waals surface area contributed by atoms with Crippen LogP contribution in [0.3, 0.4) is 0 Å². The molecule has 3 fully saturated rings. The van der Waals surface area contributed by atoms with E-state index in [1.54, 1.807) is 27.0 Å². The van der Waals surface area contributed by atoms with Crippen molar-refractivity contribution in [2.24, 2.45) is 23.7 Å². The van der Waals surface area contributed by atoms with Crippen molar-refractivity contribution < 1.29 is 47.6 Å². The number of likely N-dealkylation sites (N-methyl/N-ethyl adjacent to an activating group) is 2. The standard InChI is InChI=1S/C41H64FN3O9/c1-13-31-41(9)32(25(3)23-51-41)27(5)33(46)24(2)21-39(7,50-19-18-45(12)22-29-16-14-15-17-43-29)36(28(6)35(48)40(8,42)38(49)53-31)54-37-34(47)30(44(10)11)20-26(4)52-37/h14-17,24,26-28,30-32,34,36-37,47H,3,13,18-23H2,1-2,4-12H3/t24?,26-,27?,28+,30+,31-,32+,34-,36-,37+,39-,40?,41-/m1/s1. The normalized spacial score (nSPS) is 40.1. The summed E-state index contributed by atoms with van der Waals surface area (Å²) in [5.74, 6) is -5.68. The van der Waals surface area contributed by atoms with E-state index in [2.05, 4.69) is 11.6 Å². The van der Waals surface area contributed by atoms with Crippen LogP contribution in [0, 0.1) is 23.7 Å². The van der Waals surface area contributed by atoms with Gasteiger partial charge < -0.3 is 33.7 Å². The van der Waals surface area contributed by atoms with Gasteiger partial charge in [0, 0.05) is 49.0 Å². The van der Waals surface area contributed by atoms with Gasteiger partial charge in [-0.1, -0.05) is 40.3 Å². The van der Waals surface area contributed by atoms with Gasteiger partial charge >= 0.3 is 5.97 Å². The van der Waals surface area contributed by atoms with Gasteiger partial charge in [-0.15, -0.1) is 0 Å². The smallest absolute Gasteiger partial charge is 0.351 e. The lowest BCUT2D eigenvalue weighted by Crippen LogP contribution is -2.61. The van der Waals surface area contributed by atoms with E-state index >= 15 is 4.39 Å². The Bertz CT molecular complexity index is 1480. The maximum absolute atomic E-state index is 16.9. The molecule has 4 heterocycles. The van der Waals surface area contributed by atoms with Gasteiger partial charge in [0.25, 0.3) is 5.67 Å². The van der Waals surface area contributed by atoms with Gasteiger partial charge in [-0.3, -0.25) is 19.5 Å². The summed E-state index contributed by atoms with van der Waals surface area (Å²) >= 11 is 0. The molecule has 3 aliphatic heterocycles. The monoisotopic (exact) mass is 761 g/mol. The third-order valence-corrected chi connectivity index (χ3v) is 12.0. The molecule has 0 saturated carbocycles. The zero-order valence-electron chi connectivity index (χ0n) is 34.2. The number of pyridine rings is 1.